The maximum atomic E-state index is 12.9. The van der Waals surface area contributed by atoms with Gasteiger partial charge in [0.15, 0.2) is 6.10 Å². The molecule has 0 saturated carbocycles. The highest BCUT2D eigenvalue weighted by Gasteiger charge is 2.19. The molecule has 0 aliphatic carbocycles. The quantitative estimate of drug-likeness (QED) is 0.0261. The van der Waals surface area contributed by atoms with Gasteiger partial charge in [0.25, 0.3) is 0 Å². The second kappa shape index (κ2) is 62.6. The van der Waals surface area contributed by atoms with E-state index in [0.717, 1.165) is 122 Å². The Balaban J connectivity index is 4.37. The van der Waals surface area contributed by atoms with Gasteiger partial charge in [-0.05, 0) is 122 Å². The summed E-state index contributed by atoms with van der Waals surface area (Å²) in [6.07, 6.45) is 85.3. The molecule has 0 radical (unpaired) electrons. The summed E-state index contributed by atoms with van der Waals surface area (Å²) >= 11 is 0. The predicted octanol–water partition coefficient (Wildman–Crippen LogP) is 21.4. The number of esters is 3. The fourth-order valence-corrected chi connectivity index (χ4v) is 8.60. The highest BCUT2D eigenvalue weighted by Crippen LogP contribution is 2.16. The van der Waals surface area contributed by atoms with Crippen molar-refractivity contribution in [2.75, 3.05) is 13.2 Å². The van der Waals surface area contributed by atoms with Gasteiger partial charge in [0, 0.05) is 19.3 Å². The summed E-state index contributed by atoms with van der Waals surface area (Å²) in [5.74, 6) is -0.960. The summed E-state index contributed by atoms with van der Waals surface area (Å²) < 4.78 is 16.9. The zero-order chi connectivity index (χ0) is 54.3. The molecule has 0 spiro atoms. The third-order valence-electron chi connectivity index (χ3n) is 13.2. The molecule has 1 atom stereocenters. The number of hydrogen-bond acceptors (Lipinski definition) is 6. The van der Waals surface area contributed by atoms with E-state index in [0.29, 0.717) is 12.8 Å². The summed E-state index contributed by atoms with van der Waals surface area (Å²) in [4.78, 5) is 38.2. The van der Waals surface area contributed by atoms with Crippen LogP contribution in [0.2, 0.25) is 0 Å². The Morgan fingerprint density at radius 1 is 0.280 bits per heavy atom. The average Bonchev–Trinajstić information content (AvgIpc) is 3.41. The van der Waals surface area contributed by atoms with Crippen LogP contribution in [-0.4, -0.2) is 37.2 Å². The van der Waals surface area contributed by atoms with Crippen molar-refractivity contribution in [3.63, 3.8) is 0 Å². The van der Waals surface area contributed by atoms with E-state index in [4.69, 9.17) is 14.2 Å². The van der Waals surface area contributed by atoms with Gasteiger partial charge in [-0.25, -0.2) is 0 Å². The summed E-state index contributed by atoms with van der Waals surface area (Å²) in [6, 6.07) is 0. The molecule has 0 aromatic heterocycles. The molecule has 0 saturated heterocycles. The molecule has 0 heterocycles. The van der Waals surface area contributed by atoms with Crippen LogP contribution in [0, 0.1) is 0 Å². The third kappa shape index (κ3) is 60.8. The number of ether oxygens (including phenoxy) is 3. The van der Waals surface area contributed by atoms with Crippen LogP contribution >= 0.6 is 0 Å². The predicted molar refractivity (Wildman–Crippen MR) is 325 cm³/mol. The van der Waals surface area contributed by atoms with Crippen LogP contribution in [0.3, 0.4) is 0 Å². The van der Waals surface area contributed by atoms with Gasteiger partial charge in [0.05, 0.1) is 0 Å². The van der Waals surface area contributed by atoms with E-state index in [1.54, 1.807) is 0 Å². The summed E-state index contributed by atoms with van der Waals surface area (Å²) in [6.45, 7) is 6.37. The molecule has 0 aromatic rings. The molecule has 428 valence electrons. The first-order valence-electron chi connectivity index (χ1n) is 31.4. The monoisotopic (exact) mass is 1040 g/mol. The maximum absolute atomic E-state index is 12.9. The minimum absolute atomic E-state index is 0.102. The molecule has 0 N–H and O–H groups in total. The van der Waals surface area contributed by atoms with E-state index in [1.165, 1.54) is 128 Å². The van der Waals surface area contributed by atoms with E-state index in [1.807, 2.05) is 0 Å². The van der Waals surface area contributed by atoms with Crippen molar-refractivity contribution >= 4 is 17.9 Å². The van der Waals surface area contributed by atoms with Crippen LogP contribution < -0.4 is 0 Å². The average molecular weight is 1040 g/mol. The molecule has 1 unspecified atom stereocenters. The molecule has 0 amide bonds. The Hall–Kier alpha value is -3.93. The molecule has 0 aromatic carbocycles. The topological polar surface area (TPSA) is 78.9 Å². The Bertz CT molecular complexity index is 1520. The van der Waals surface area contributed by atoms with Gasteiger partial charge in [-0.1, -0.05) is 259 Å². The van der Waals surface area contributed by atoms with Crippen molar-refractivity contribution in [2.45, 2.75) is 297 Å². The number of allylic oxidation sites excluding steroid dienone is 18. The van der Waals surface area contributed by atoms with Gasteiger partial charge in [0.2, 0.25) is 0 Å². The van der Waals surface area contributed by atoms with Crippen LogP contribution in [0.4, 0.5) is 0 Å². The van der Waals surface area contributed by atoms with Gasteiger partial charge >= 0.3 is 17.9 Å². The van der Waals surface area contributed by atoms with Gasteiger partial charge < -0.3 is 14.2 Å². The van der Waals surface area contributed by atoms with Gasteiger partial charge in [-0.15, -0.1) is 0 Å². The molecule has 0 rings (SSSR count). The number of hydrogen-bond donors (Lipinski definition) is 0. The van der Waals surface area contributed by atoms with Crippen LogP contribution in [0.5, 0.6) is 0 Å². The fourth-order valence-electron chi connectivity index (χ4n) is 8.60. The molecule has 0 fully saturated rings. The minimum atomic E-state index is -0.810. The Morgan fingerprint density at radius 3 is 0.840 bits per heavy atom. The second-order valence-electron chi connectivity index (χ2n) is 20.5. The van der Waals surface area contributed by atoms with Gasteiger partial charge in [0.1, 0.15) is 13.2 Å². The summed E-state index contributed by atoms with van der Waals surface area (Å²) in [7, 11) is 0. The Kier molecular flexibility index (Phi) is 59.3. The highest BCUT2D eigenvalue weighted by molar-refractivity contribution is 5.71. The van der Waals surface area contributed by atoms with Crippen molar-refractivity contribution in [1.29, 1.82) is 0 Å². The van der Waals surface area contributed by atoms with E-state index in [2.05, 4.69) is 130 Å². The van der Waals surface area contributed by atoms with Crippen molar-refractivity contribution < 1.29 is 28.6 Å². The lowest BCUT2D eigenvalue weighted by Crippen LogP contribution is -2.30. The molecule has 6 nitrogen and oxygen atoms in total. The van der Waals surface area contributed by atoms with Crippen LogP contribution in [0.1, 0.15) is 290 Å². The van der Waals surface area contributed by atoms with Crippen LogP contribution in [-0.2, 0) is 28.6 Å². The first kappa shape index (κ1) is 71.1. The standard InChI is InChI=1S/C69H116O6/c1-4-7-10-13-16-19-22-25-27-29-31-32-33-34-35-36-38-39-41-44-47-50-53-56-59-62-68(71)74-65-66(64-73-67(70)61-58-55-52-49-46-43-24-21-18-15-12-9-6-3)75-69(72)63-60-57-54-51-48-45-42-40-37-30-28-26-23-20-17-14-11-8-5-2/h8-9,11-12,17-18,20-21,26,28-29,31,37,40,43,45-46,48,66H,4-7,10,13-16,19,22-25,27,30,32-36,38-39,41-42,44,47,49-65H2,1-3H3/b11-8-,12-9-,20-17-,21-18-,28-26-,31-29-,40-37-,46-43-,48-45-. The highest BCUT2D eigenvalue weighted by atomic mass is 16.6. The van der Waals surface area contributed by atoms with Crippen molar-refractivity contribution in [3.05, 3.63) is 109 Å². The van der Waals surface area contributed by atoms with Crippen LogP contribution in [0.25, 0.3) is 0 Å². The Morgan fingerprint density at radius 2 is 0.520 bits per heavy atom. The van der Waals surface area contributed by atoms with Crippen LogP contribution in [0.15, 0.2) is 109 Å². The minimum Gasteiger partial charge on any atom is -0.462 e. The smallest absolute Gasteiger partial charge is 0.306 e. The SMILES string of the molecule is CC/C=C\C/C=C\C/C=C\C/C=C\C/C=C\CCCCCC(=O)OC(COC(=O)CCCCC/C=C\C/C=C\C/C=C\CC)COC(=O)CCCCCCCCCCCCCCC/C=C\CCCCCCCCCC. The third-order valence-corrected chi connectivity index (χ3v) is 13.2. The normalized spacial score (nSPS) is 12.8. The molecule has 6 heteroatoms. The van der Waals surface area contributed by atoms with E-state index in [9.17, 15) is 14.4 Å². The molecular weight excluding hydrogens is 925 g/mol. The second-order valence-corrected chi connectivity index (χ2v) is 20.5. The number of unbranched alkanes of at least 4 members (excludes halogenated alkanes) is 27. The molecule has 0 aliphatic heterocycles. The lowest BCUT2D eigenvalue weighted by Gasteiger charge is -2.18. The lowest BCUT2D eigenvalue weighted by atomic mass is 10.0. The summed E-state index contributed by atoms with van der Waals surface area (Å²) in [5, 5.41) is 0. The Labute approximate surface area is 463 Å². The van der Waals surface area contributed by atoms with Crippen molar-refractivity contribution in [2.24, 2.45) is 0 Å². The first-order valence-corrected chi connectivity index (χ1v) is 31.4. The largest absolute Gasteiger partial charge is 0.462 e. The lowest BCUT2D eigenvalue weighted by molar-refractivity contribution is -0.167. The zero-order valence-corrected chi connectivity index (χ0v) is 49.0. The number of carbonyl (C=O) groups excluding carboxylic acids is 3. The maximum Gasteiger partial charge on any atom is 0.306 e. The van der Waals surface area contributed by atoms with Crippen molar-refractivity contribution in [3.8, 4) is 0 Å². The van der Waals surface area contributed by atoms with Gasteiger partial charge in [-0.3, -0.25) is 14.4 Å². The zero-order valence-electron chi connectivity index (χ0n) is 49.0. The molecule has 75 heavy (non-hydrogen) atoms. The summed E-state index contributed by atoms with van der Waals surface area (Å²) in [5.41, 5.74) is 0. The van der Waals surface area contributed by atoms with E-state index in [-0.39, 0.29) is 37.5 Å². The molecule has 0 bridgehead atoms. The molecular formula is C69H116O6. The fraction of sp³-hybridized carbons (Fsp3) is 0.696. The van der Waals surface area contributed by atoms with E-state index < -0.39 is 6.10 Å². The van der Waals surface area contributed by atoms with E-state index >= 15 is 0 Å². The number of rotatable bonds is 56. The molecule has 0 aliphatic rings. The first-order chi connectivity index (χ1) is 37.0. The number of carbonyl (C=O) groups is 3. The van der Waals surface area contributed by atoms with Crippen molar-refractivity contribution in [1.82, 2.24) is 0 Å². The van der Waals surface area contributed by atoms with Gasteiger partial charge in [-0.2, -0.15) is 0 Å².